The quantitative estimate of drug-likeness (QED) is 0.610. The molecule has 0 aliphatic heterocycles. The number of rotatable bonds is 2. The Hall–Kier alpha value is -0.500. The number of carbonyl (C=O) groups excluding carboxylic acids is 1. The van der Waals surface area contributed by atoms with E-state index in [0.29, 0.717) is 0 Å². The maximum Gasteiger partial charge on any atom is 0.358 e. The van der Waals surface area contributed by atoms with Crippen molar-refractivity contribution in [3.63, 3.8) is 0 Å². The van der Waals surface area contributed by atoms with Gasteiger partial charge in [-0.15, -0.1) is 0 Å². The number of hydrogen-bond acceptors (Lipinski definition) is 3. The first kappa shape index (κ1) is 12.6. The predicted molar refractivity (Wildman–Crippen MR) is 58.3 cm³/mol. The molecule has 0 N–H and O–H groups in total. The largest absolute Gasteiger partial charge is 0.464 e. The van der Waals surface area contributed by atoms with Crippen molar-refractivity contribution in [1.82, 2.24) is 4.98 Å². The number of carbonyl (C=O) groups is 1. The average molecular weight is 347 g/mol. The summed E-state index contributed by atoms with van der Waals surface area (Å²) in [6, 6.07) is 1.25. The van der Waals surface area contributed by atoms with Crippen LogP contribution in [0.25, 0.3) is 0 Å². The van der Waals surface area contributed by atoms with Crippen LogP contribution in [-0.2, 0) is 4.74 Å². The molecule has 7 heteroatoms. The molecule has 0 atom stereocenters. The lowest BCUT2D eigenvalue weighted by Gasteiger charge is -2.06. The van der Waals surface area contributed by atoms with Crippen LogP contribution in [-0.4, -0.2) is 18.1 Å². The Kier molecular flexibility index (Phi) is 4.21. The minimum Gasteiger partial charge on any atom is -0.464 e. The van der Waals surface area contributed by atoms with Gasteiger partial charge in [-0.05, 0) is 28.7 Å². The van der Waals surface area contributed by atoms with Crippen molar-refractivity contribution < 1.29 is 18.3 Å². The Morgan fingerprint density at radius 2 is 2.27 bits per heavy atom. The second-order valence-corrected chi connectivity index (χ2v) is 4.05. The molecule has 0 unspecified atom stereocenters. The normalized spacial score (nSPS) is 10.5. The number of aromatic nitrogens is 1. The van der Waals surface area contributed by atoms with Crippen LogP contribution >= 0.6 is 34.2 Å². The predicted octanol–water partition coefficient (Wildman–Crippen LogP) is 3.06. The standard InChI is InChI=1S/C8H5ClF2INO2/c1-15-8(14)5-3(9)2-4(12)6(13-5)7(10)11/h2,7H,1H3. The third-order valence-electron chi connectivity index (χ3n) is 1.54. The van der Waals surface area contributed by atoms with Crippen molar-refractivity contribution in [3.05, 3.63) is 26.0 Å². The minimum absolute atomic E-state index is 0.00403. The number of hydrogen-bond donors (Lipinski definition) is 0. The highest BCUT2D eigenvalue weighted by atomic mass is 127. The van der Waals surface area contributed by atoms with Crippen LogP contribution in [0.4, 0.5) is 8.78 Å². The van der Waals surface area contributed by atoms with E-state index in [4.69, 9.17) is 11.6 Å². The number of methoxy groups -OCH3 is 1. The van der Waals surface area contributed by atoms with Gasteiger partial charge in [-0.25, -0.2) is 18.6 Å². The van der Waals surface area contributed by atoms with Gasteiger partial charge in [0, 0.05) is 3.57 Å². The molecule has 0 spiro atoms. The molecule has 1 aromatic heterocycles. The maximum absolute atomic E-state index is 12.4. The summed E-state index contributed by atoms with van der Waals surface area (Å²) in [6.07, 6.45) is -2.75. The van der Waals surface area contributed by atoms with Crippen LogP contribution in [0.1, 0.15) is 22.6 Å². The molecule has 1 heterocycles. The molecule has 0 aromatic carbocycles. The van der Waals surface area contributed by atoms with E-state index in [2.05, 4.69) is 9.72 Å². The molecular formula is C8H5ClF2INO2. The van der Waals surface area contributed by atoms with Crippen molar-refractivity contribution in [3.8, 4) is 0 Å². The Morgan fingerprint density at radius 1 is 1.67 bits per heavy atom. The molecule has 0 amide bonds. The molecule has 1 aromatic rings. The van der Waals surface area contributed by atoms with E-state index in [-0.39, 0.29) is 14.3 Å². The number of alkyl halides is 2. The summed E-state index contributed by atoms with van der Waals surface area (Å²) in [5, 5.41) is -0.00403. The van der Waals surface area contributed by atoms with E-state index in [1.54, 1.807) is 22.6 Å². The fraction of sp³-hybridized carbons (Fsp3) is 0.250. The lowest BCUT2D eigenvalue weighted by Crippen LogP contribution is -2.08. The summed E-state index contributed by atoms with van der Waals surface area (Å²) in [7, 11) is 1.13. The highest BCUT2D eigenvalue weighted by molar-refractivity contribution is 14.1. The molecule has 0 bridgehead atoms. The van der Waals surface area contributed by atoms with Crippen LogP contribution in [0.2, 0.25) is 5.02 Å². The molecule has 82 valence electrons. The Morgan fingerprint density at radius 3 is 2.73 bits per heavy atom. The fourth-order valence-corrected chi connectivity index (χ4v) is 1.95. The first-order valence-electron chi connectivity index (χ1n) is 3.69. The van der Waals surface area contributed by atoms with E-state index < -0.39 is 18.1 Å². The number of ether oxygens (including phenoxy) is 1. The highest BCUT2D eigenvalue weighted by Gasteiger charge is 2.20. The summed E-state index contributed by atoms with van der Waals surface area (Å²) in [5.74, 6) is -0.835. The SMILES string of the molecule is COC(=O)c1nc(C(F)F)c(I)cc1Cl. The maximum atomic E-state index is 12.4. The van der Waals surface area contributed by atoms with Gasteiger partial charge in [0.2, 0.25) is 0 Å². The van der Waals surface area contributed by atoms with E-state index in [9.17, 15) is 13.6 Å². The van der Waals surface area contributed by atoms with Crippen molar-refractivity contribution >= 4 is 40.2 Å². The van der Waals surface area contributed by atoms with Crippen molar-refractivity contribution in [2.45, 2.75) is 6.43 Å². The van der Waals surface area contributed by atoms with Gasteiger partial charge in [0.05, 0.1) is 12.1 Å². The van der Waals surface area contributed by atoms with Gasteiger partial charge in [0.1, 0.15) is 5.69 Å². The Balaban J connectivity index is 3.29. The van der Waals surface area contributed by atoms with Gasteiger partial charge >= 0.3 is 5.97 Å². The van der Waals surface area contributed by atoms with Crippen molar-refractivity contribution in [2.75, 3.05) is 7.11 Å². The molecule has 0 fully saturated rings. The molecule has 15 heavy (non-hydrogen) atoms. The molecule has 0 saturated carbocycles. The number of esters is 1. The number of nitrogens with zero attached hydrogens (tertiary/aromatic N) is 1. The third kappa shape index (κ3) is 2.75. The van der Waals surface area contributed by atoms with E-state index in [0.717, 1.165) is 7.11 Å². The minimum atomic E-state index is -2.75. The second kappa shape index (κ2) is 5.02. The molecule has 0 aliphatic rings. The van der Waals surface area contributed by atoms with Crippen LogP contribution < -0.4 is 0 Å². The number of pyridine rings is 1. The van der Waals surface area contributed by atoms with Gasteiger partial charge < -0.3 is 4.74 Å². The molecule has 3 nitrogen and oxygen atoms in total. The topological polar surface area (TPSA) is 39.2 Å². The van der Waals surface area contributed by atoms with Gasteiger partial charge in [0.25, 0.3) is 6.43 Å². The van der Waals surface area contributed by atoms with Crippen molar-refractivity contribution in [2.24, 2.45) is 0 Å². The van der Waals surface area contributed by atoms with Gasteiger partial charge in [-0.2, -0.15) is 0 Å². The zero-order valence-corrected chi connectivity index (χ0v) is 10.3. The van der Waals surface area contributed by atoms with Crippen LogP contribution in [0.3, 0.4) is 0 Å². The van der Waals surface area contributed by atoms with Crippen molar-refractivity contribution in [1.29, 1.82) is 0 Å². The fourth-order valence-electron chi connectivity index (χ4n) is 0.874. The average Bonchev–Trinajstić information content (AvgIpc) is 2.16. The Bertz CT molecular complexity index is 400. The summed E-state index contributed by atoms with van der Waals surface area (Å²) in [6.45, 7) is 0. The number of halogens is 4. The highest BCUT2D eigenvalue weighted by Crippen LogP contribution is 2.27. The van der Waals surface area contributed by atoms with Crippen LogP contribution in [0.15, 0.2) is 6.07 Å². The molecule has 0 radical (unpaired) electrons. The molecular weight excluding hydrogens is 342 g/mol. The van der Waals surface area contributed by atoms with Gasteiger partial charge in [0.15, 0.2) is 5.69 Å². The summed E-state index contributed by atoms with van der Waals surface area (Å²) in [4.78, 5) is 14.6. The van der Waals surface area contributed by atoms with E-state index in [1.807, 2.05) is 0 Å². The smallest absolute Gasteiger partial charge is 0.358 e. The summed E-state index contributed by atoms with van der Waals surface area (Å²) >= 11 is 7.34. The third-order valence-corrected chi connectivity index (χ3v) is 2.69. The lowest BCUT2D eigenvalue weighted by molar-refractivity contribution is 0.0592. The first-order valence-corrected chi connectivity index (χ1v) is 5.15. The summed E-state index contributed by atoms with van der Waals surface area (Å²) < 4.78 is 29.5. The molecule has 0 aliphatic carbocycles. The zero-order chi connectivity index (χ0) is 11.6. The van der Waals surface area contributed by atoms with Gasteiger partial charge in [-0.3, -0.25) is 0 Å². The molecule has 1 rings (SSSR count). The first-order chi connectivity index (χ1) is 6.97. The zero-order valence-electron chi connectivity index (χ0n) is 7.43. The monoisotopic (exact) mass is 347 g/mol. The van der Waals surface area contributed by atoms with Gasteiger partial charge in [-0.1, -0.05) is 11.6 Å². The Labute approximate surface area is 103 Å². The molecule has 0 saturated heterocycles. The lowest BCUT2D eigenvalue weighted by atomic mass is 10.3. The van der Waals surface area contributed by atoms with Crippen LogP contribution in [0, 0.1) is 3.57 Å². The van der Waals surface area contributed by atoms with E-state index >= 15 is 0 Å². The van der Waals surface area contributed by atoms with Crippen LogP contribution in [0.5, 0.6) is 0 Å². The summed E-state index contributed by atoms with van der Waals surface area (Å²) in [5.41, 5.74) is -0.768. The van der Waals surface area contributed by atoms with E-state index in [1.165, 1.54) is 6.07 Å². The second-order valence-electron chi connectivity index (χ2n) is 2.48.